The van der Waals surface area contributed by atoms with E-state index in [9.17, 15) is 9.59 Å². The number of anilines is 1. The predicted octanol–water partition coefficient (Wildman–Crippen LogP) is 1.61. The zero-order valence-corrected chi connectivity index (χ0v) is 13.5. The molecule has 1 amide bonds. The second-order valence-corrected chi connectivity index (χ2v) is 5.35. The van der Waals surface area contributed by atoms with Crippen molar-refractivity contribution < 1.29 is 13.9 Å². The van der Waals surface area contributed by atoms with Crippen molar-refractivity contribution in [3.05, 3.63) is 70.8 Å². The zero-order valence-electron chi connectivity index (χ0n) is 13.5. The summed E-state index contributed by atoms with van der Waals surface area (Å²) in [6.07, 6.45) is 4.31. The molecule has 25 heavy (non-hydrogen) atoms. The number of hydrogen-bond donors (Lipinski definition) is 1. The maximum absolute atomic E-state index is 11.9. The van der Waals surface area contributed by atoms with Crippen molar-refractivity contribution in [1.82, 2.24) is 14.8 Å². The monoisotopic (exact) mass is 340 g/mol. The molecule has 0 aliphatic carbocycles. The van der Waals surface area contributed by atoms with Crippen molar-refractivity contribution in [1.29, 1.82) is 0 Å². The van der Waals surface area contributed by atoms with E-state index < -0.39 is 0 Å². The number of hydrogen-bond acceptors (Lipinski definition) is 6. The Kier molecular flexibility index (Phi) is 4.89. The topological polar surface area (TPSA) is 99.2 Å². The molecule has 0 aliphatic heterocycles. The number of nitrogens with zero attached hydrogens (tertiary/aromatic N) is 3. The molecule has 3 aromatic rings. The fraction of sp³-hybridized carbons (Fsp3) is 0.176. The van der Waals surface area contributed by atoms with Crippen LogP contribution in [0.1, 0.15) is 11.3 Å². The molecule has 8 nitrogen and oxygen atoms in total. The molecule has 0 radical (unpaired) electrons. The van der Waals surface area contributed by atoms with Gasteiger partial charge in [-0.2, -0.15) is 5.10 Å². The van der Waals surface area contributed by atoms with E-state index in [0.717, 1.165) is 5.56 Å². The van der Waals surface area contributed by atoms with E-state index in [4.69, 9.17) is 9.15 Å². The van der Waals surface area contributed by atoms with E-state index >= 15 is 0 Å². The standard InChI is InChI=1S/C17H16N4O4/c1-12-6-15(22)16(8-24-12)25-9-17(23)20-14-4-2-13(3-5-14)7-21-11-18-10-19-21/h2-6,8,10-11H,7,9H2,1H3,(H,20,23). The molecule has 8 heteroatoms. The van der Waals surface area contributed by atoms with Crippen LogP contribution in [0, 0.1) is 6.92 Å². The molecule has 3 rings (SSSR count). The van der Waals surface area contributed by atoms with Crippen LogP contribution >= 0.6 is 0 Å². The van der Waals surface area contributed by atoms with Gasteiger partial charge in [0.1, 0.15) is 24.7 Å². The van der Waals surface area contributed by atoms with Gasteiger partial charge in [0.05, 0.1) is 6.54 Å². The third-order valence-electron chi connectivity index (χ3n) is 3.34. The first-order chi connectivity index (χ1) is 12.1. The fourth-order valence-corrected chi connectivity index (χ4v) is 2.13. The van der Waals surface area contributed by atoms with Crippen LogP contribution in [0.4, 0.5) is 5.69 Å². The summed E-state index contributed by atoms with van der Waals surface area (Å²) in [5.74, 6) is 0.112. The number of carbonyl (C=O) groups excluding carboxylic acids is 1. The lowest BCUT2D eigenvalue weighted by Gasteiger charge is -2.08. The average Bonchev–Trinajstić information content (AvgIpc) is 3.09. The smallest absolute Gasteiger partial charge is 0.262 e. The first kappa shape index (κ1) is 16.4. The zero-order chi connectivity index (χ0) is 17.6. The Morgan fingerprint density at radius 1 is 1.32 bits per heavy atom. The molecule has 0 fully saturated rings. The molecule has 0 saturated heterocycles. The summed E-state index contributed by atoms with van der Waals surface area (Å²) in [5, 5.41) is 6.73. The van der Waals surface area contributed by atoms with Gasteiger partial charge in [0.2, 0.25) is 11.2 Å². The summed E-state index contributed by atoms with van der Waals surface area (Å²) < 4.78 is 12.0. The lowest BCUT2D eigenvalue weighted by Crippen LogP contribution is -2.22. The Balaban J connectivity index is 1.53. The van der Waals surface area contributed by atoms with Gasteiger partial charge in [-0.3, -0.25) is 9.59 Å². The normalized spacial score (nSPS) is 10.4. The van der Waals surface area contributed by atoms with Crippen molar-refractivity contribution in [2.75, 3.05) is 11.9 Å². The maximum Gasteiger partial charge on any atom is 0.262 e. The van der Waals surface area contributed by atoms with Crippen LogP contribution in [0.25, 0.3) is 0 Å². The molecule has 0 unspecified atom stereocenters. The van der Waals surface area contributed by atoms with Crippen molar-refractivity contribution in [2.45, 2.75) is 13.5 Å². The molecule has 2 heterocycles. The molecule has 0 spiro atoms. The van der Waals surface area contributed by atoms with Crippen LogP contribution in [0.3, 0.4) is 0 Å². The first-order valence-electron chi connectivity index (χ1n) is 7.53. The van der Waals surface area contributed by atoms with Gasteiger partial charge in [-0.25, -0.2) is 9.67 Å². The molecule has 1 aromatic carbocycles. The van der Waals surface area contributed by atoms with E-state index in [0.29, 0.717) is 18.0 Å². The van der Waals surface area contributed by atoms with Crippen LogP contribution < -0.4 is 15.5 Å². The predicted molar refractivity (Wildman–Crippen MR) is 89.4 cm³/mol. The van der Waals surface area contributed by atoms with E-state index in [1.54, 1.807) is 30.1 Å². The van der Waals surface area contributed by atoms with Gasteiger partial charge in [-0.1, -0.05) is 12.1 Å². The number of amides is 1. The third-order valence-corrected chi connectivity index (χ3v) is 3.34. The second kappa shape index (κ2) is 7.43. The maximum atomic E-state index is 11.9. The number of carbonyl (C=O) groups is 1. The van der Waals surface area contributed by atoms with Gasteiger partial charge >= 0.3 is 0 Å². The van der Waals surface area contributed by atoms with E-state index in [2.05, 4.69) is 15.4 Å². The van der Waals surface area contributed by atoms with Crippen molar-refractivity contribution in [3.63, 3.8) is 0 Å². The van der Waals surface area contributed by atoms with Crippen LogP contribution in [0.2, 0.25) is 0 Å². The highest BCUT2D eigenvalue weighted by Gasteiger charge is 2.07. The summed E-state index contributed by atoms with van der Waals surface area (Å²) >= 11 is 0. The number of ether oxygens (including phenoxy) is 1. The van der Waals surface area contributed by atoms with Crippen molar-refractivity contribution in [3.8, 4) is 5.75 Å². The van der Waals surface area contributed by atoms with Crippen molar-refractivity contribution in [2.24, 2.45) is 0 Å². The Morgan fingerprint density at radius 3 is 2.80 bits per heavy atom. The highest BCUT2D eigenvalue weighted by molar-refractivity contribution is 5.91. The Hall–Kier alpha value is -3.42. The minimum atomic E-state index is -0.371. The average molecular weight is 340 g/mol. The quantitative estimate of drug-likeness (QED) is 0.732. The van der Waals surface area contributed by atoms with E-state index in [1.165, 1.54) is 18.7 Å². The first-order valence-corrected chi connectivity index (χ1v) is 7.53. The number of aromatic nitrogens is 3. The molecule has 0 saturated carbocycles. The van der Waals surface area contributed by atoms with Gasteiger partial charge in [0, 0.05) is 11.8 Å². The van der Waals surface area contributed by atoms with Gasteiger partial charge in [0.25, 0.3) is 5.91 Å². The lowest BCUT2D eigenvalue weighted by atomic mass is 10.2. The Labute approximate surface area is 143 Å². The molecule has 0 aliphatic rings. The fourth-order valence-electron chi connectivity index (χ4n) is 2.13. The molecule has 1 N–H and O–H groups in total. The van der Waals surface area contributed by atoms with Crippen molar-refractivity contribution >= 4 is 11.6 Å². The third kappa shape index (κ3) is 4.54. The summed E-state index contributed by atoms with van der Waals surface area (Å²) in [5.41, 5.74) is 1.33. The number of rotatable bonds is 6. The largest absolute Gasteiger partial charge is 0.477 e. The highest BCUT2D eigenvalue weighted by atomic mass is 16.5. The minimum absolute atomic E-state index is 0.00364. The van der Waals surface area contributed by atoms with Crippen LogP contribution in [-0.4, -0.2) is 27.3 Å². The van der Waals surface area contributed by atoms with Gasteiger partial charge in [-0.15, -0.1) is 0 Å². The van der Waals surface area contributed by atoms with Crippen LogP contribution in [0.5, 0.6) is 5.75 Å². The van der Waals surface area contributed by atoms with Gasteiger partial charge < -0.3 is 14.5 Å². The Morgan fingerprint density at radius 2 is 2.12 bits per heavy atom. The summed E-state index contributed by atoms with van der Waals surface area (Å²) in [4.78, 5) is 27.4. The number of aryl methyl sites for hydroxylation is 1. The summed E-state index contributed by atoms with van der Waals surface area (Å²) in [7, 11) is 0. The molecule has 2 aromatic heterocycles. The molecule has 0 atom stereocenters. The SMILES string of the molecule is Cc1cc(=O)c(OCC(=O)Nc2ccc(Cn3cncn3)cc2)co1. The van der Waals surface area contributed by atoms with Gasteiger partial charge in [0.15, 0.2) is 6.61 Å². The minimum Gasteiger partial charge on any atom is -0.477 e. The lowest BCUT2D eigenvalue weighted by molar-refractivity contribution is -0.118. The van der Waals surface area contributed by atoms with E-state index in [1.807, 2.05) is 12.1 Å². The molecular formula is C17H16N4O4. The molecular weight excluding hydrogens is 324 g/mol. The summed E-state index contributed by atoms with van der Waals surface area (Å²) in [6.45, 7) is 1.97. The number of nitrogens with one attached hydrogen (secondary N) is 1. The second-order valence-electron chi connectivity index (χ2n) is 5.35. The Bertz CT molecular complexity index is 901. The van der Waals surface area contributed by atoms with E-state index in [-0.39, 0.29) is 23.7 Å². The molecule has 128 valence electrons. The highest BCUT2D eigenvalue weighted by Crippen LogP contribution is 2.11. The van der Waals surface area contributed by atoms with Gasteiger partial charge in [-0.05, 0) is 24.6 Å². The number of benzene rings is 1. The summed E-state index contributed by atoms with van der Waals surface area (Å²) in [6, 6.07) is 8.63. The molecule has 0 bridgehead atoms. The van der Waals surface area contributed by atoms with Crippen LogP contribution in [-0.2, 0) is 11.3 Å². The van der Waals surface area contributed by atoms with Crippen LogP contribution in [0.15, 0.2) is 58.5 Å².